The van der Waals surface area contributed by atoms with Gasteiger partial charge in [0.2, 0.25) is 0 Å². The Labute approximate surface area is 130 Å². The van der Waals surface area contributed by atoms with E-state index in [0.29, 0.717) is 12.1 Å². The Balaban J connectivity index is 2.20. The zero-order chi connectivity index (χ0) is 15.6. The highest BCUT2D eigenvalue weighted by Gasteiger charge is 2.35. The van der Waals surface area contributed by atoms with E-state index in [4.69, 9.17) is 0 Å². The lowest BCUT2D eigenvalue weighted by molar-refractivity contribution is -0.140. The van der Waals surface area contributed by atoms with Gasteiger partial charge in [-0.2, -0.15) is 13.2 Å². The fraction of sp³-hybridized carbons (Fsp3) is 0.643. The maximum Gasteiger partial charge on any atom is 0.406 e. The molecule has 1 aliphatic rings. The van der Waals surface area contributed by atoms with Crippen LogP contribution < -0.4 is 0 Å². The third kappa shape index (κ3) is 4.49. The number of hydrogen-bond donors (Lipinski definition) is 0. The van der Waals surface area contributed by atoms with Crippen molar-refractivity contribution in [2.75, 3.05) is 13.1 Å². The zero-order valence-corrected chi connectivity index (χ0v) is 13.4. The largest absolute Gasteiger partial charge is 0.406 e. The molecule has 0 radical (unpaired) electrons. The molecule has 0 atom stereocenters. The fourth-order valence-corrected chi connectivity index (χ4v) is 2.69. The van der Waals surface area contributed by atoms with Crippen molar-refractivity contribution in [2.24, 2.45) is 0 Å². The van der Waals surface area contributed by atoms with Crippen LogP contribution in [0.1, 0.15) is 49.1 Å². The Morgan fingerprint density at radius 1 is 1.48 bits per heavy atom. The van der Waals surface area contributed by atoms with Crippen LogP contribution in [0.4, 0.5) is 13.2 Å². The average Bonchev–Trinajstić information content (AvgIpc) is 3.15. The Kier molecular flexibility index (Phi) is 5.01. The Bertz CT molecular complexity index is 509. The lowest BCUT2D eigenvalue weighted by atomic mass is 10.2. The second-order valence-electron chi connectivity index (χ2n) is 5.38. The van der Waals surface area contributed by atoms with Crippen molar-refractivity contribution in [1.29, 1.82) is 0 Å². The van der Waals surface area contributed by atoms with Crippen LogP contribution in [-0.4, -0.2) is 34.6 Å². The van der Waals surface area contributed by atoms with Gasteiger partial charge >= 0.3 is 6.18 Å². The van der Waals surface area contributed by atoms with Gasteiger partial charge in [-0.25, -0.2) is 0 Å². The third-order valence-electron chi connectivity index (χ3n) is 3.41. The maximum absolute atomic E-state index is 12.7. The Hall–Kier alpha value is -0.980. The summed E-state index contributed by atoms with van der Waals surface area (Å²) in [6.45, 7) is 0.821. The van der Waals surface area contributed by atoms with Gasteiger partial charge in [0.15, 0.2) is 0 Å². The van der Waals surface area contributed by atoms with Gasteiger partial charge in [0.25, 0.3) is 5.91 Å². The summed E-state index contributed by atoms with van der Waals surface area (Å²) in [5.41, 5.74) is 0.338. The lowest BCUT2D eigenvalue weighted by Gasteiger charge is -2.24. The predicted octanol–water partition coefficient (Wildman–Crippen LogP) is 4.39. The summed E-state index contributed by atoms with van der Waals surface area (Å²) in [6.07, 6.45) is 0.640. The molecule has 0 spiro atoms. The molecule has 0 aromatic carbocycles. The first-order chi connectivity index (χ1) is 9.81. The number of aromatic nitrogens is 1. The summed E-state index contributed by atoms with van der Waals surface area (Å²) >= 11 is 3.30. The van der Waals surface area contributed by atoms with E-state index < -0.39 is 18.6 Å². The maximum atomic E-state index is 12.7. The molecule has 1 saturated carbocycles. The van der Waals surface area contributed by atoms with E-state index in [9.17, 15) is 18.0 Å². The molecule has 0 saturated heterocycles. The topological polar surface area (TPSA) is 25.2 Å². The SMILES string of the molecule is CCCCN(CC(F)(F)F)C(=O)c1cc(Br)cn1C1CC1. The van der Waals surface area contributed by atoms with Crippen molar-refractivity contribution in [3.05, 3.63) is 22.4 Å². The van der Waals surface area contributed by atoms with Crippen LogP contribution in [0, 0.1) is 0 Å². The summed E-state index contributed by atoms with van der Waals surface area (Å²) in [5.74, 6) is -0.543. The zero-order valence-electron chi connectivity index (χ0n) is 11.8. The molecule has 0 aliphatic heterocycles. The van der Waals surface area contributed by atoms with Crippen molar-refractivity contribution in [3.63, 3.8) is 0 Å². The number of amides is 1. The van der Waals surface area contributed by atoms with Crippen LogP contribution >= 0.6 is 15.9 Å². The number of carbonyl (C=O) groups excluding carboxylic acids is 1. The molecule has 0 unspecified atom stereocenters. The smallest absolute Gasteiger partial charge is 0.339 e. The van der Waals surface area contributed by atoms with Gasteiger partial charge in [-0.1, -0.05) is 13.3 Å². The van der Waals surface area contributed by atoms with Crippen LogP contribution in [0.2, 0.25) is 0 Å². The van der Waals surface area contributed by atoms with Crippen LogP contribution in [0.5, 0.6) is 0 Å². The minimum Gasteiger partial charge on any atom is -0.339 e. The van der Waals surface area contributed by atoms with Crippen molar-refractivity contribution >= 4 is 21.8 Å². The summed E-state index contributed by atoms with van der Waals surface area (Å²) < 4.78 is 40.5. The van der Waals surface area contributed by atoms with E-state index in [-0.39, 0.29) is 12.6 Å². The van der Waals surface area contributed by atoms with Crippen LogP contribution in [0.3, 0.4) is 0 Å². The first-order valence-corrected chi connectivity index (χ1v) is 7.84. The Morgan fingerprint density at radius 3 is 2.67 bits per heavy atom. The monoisotopic (exact) mass is 366 g/mol. The molecule has 7 heteroatoms. The first kappa shape index (κ1) is 16.4. The molecule has 2 rings (SSSR count). The molecule has 1 amide bonds. The lowest BCUT2D eigenvalue weighted by Crippen LogP contribution is -2.40. The predicted molar refractivity (Wildman–Crippen MR) is 77.3 cm³/mol. The van der Waals surface area contributed by atoms with Crippen molar-refractivity contribution in [1.82, 2.24) is 9.47 Å². The van der Waals surface area contributed by atoms with E-state index in [1.165, 1.54) is 0 Å². The van der Waals surface area contributed by atoms with Crippen LogP contribution in [0.25, 0.3) is 0 Å². The number of halogens is 4. The van der Waals surface area contributed by atoms with E-state index >= 15 is 0 Å². The van der Waals surface area contributed by atoms with Gasteiger partial charge < -0.3 is 9.47 Å². The molecule has 3 nitrogen and oxygen atoms in total. The highest BCUT2D eigenvalue weighted by atomic mass is 79.9. The molecular formula is C14H18BrF3N2O. The summed E-state index contributed by atoms with van der Waals surface area (Å²) in [6, 6.07) is 1.85. The third-order valence-corrected chi connectivity index (χ3v) is 3.85. The highest BCUT2D eigenvalue weighted by molar-refractivity contribution is 9.10. The molecule has 1 fully saturated rings. The molecule has 0 bridgehead atoms. The van der Waals surface area contributed by atoms with Crippen LogP contribution in [0.15, 0.2) is 16.7 Å². The number of unbranched alkanes of at least 4 members (excludes halogenated alkanes) is 1. The number of nitrogens with zero attached hydrogens (tertiary/aromatic N) is 2. The number of carbonyl (C=O) groups is 1. The molecule has 1 aromatic heterocycles. The molecule has 1 aromatic rings. The average molecular weight is 367 g/mol. The molecule has 0 N–H and O–H groups in total. The van der Waals surface area contributed by atoms with Crippen LogP contribution in [-0.2, 0) is 0 Å². The minimum absolute atomic E-state index is 0.127. The fourth-order valence-electron chi connectivity index (χ4n) is 2.25. The van der Waals surface area contributed by atoms with E-state index in [2.05, 4.69) is 15.9 Å². The van der Waals surface area contributed by atoms with Gasteiger partial charge in [-0.05, 0) is 41.3 Å². The van der Waals surface area contributed by atoms with Gasteiger partial charge in [0.1, 0.15) is 12.2 Å². The summed E-state index contributed by atoms with van der Waals surface area (Å²) in [4.78, 5) is 13.4. The number of alkyl halides is 3. The second kappa shape index (κ2) is 6.42. The molecule has 1 heterocycles. The molecule has 118 valence electrons. The van der Waals surface area contributed by atoms with Gasteiger partial charge in [0, 0.05) is 23.3 Å². The van der Waals surface area contributed by atoms with Crippen molar-refractivity contribution < 1.29 is 18.0 Å². The van der Waals surface area contributed by atoms with E-state index in [1.807, 2.05) is 6.92 Å². The van der Waals surface area contributed by atoms with Gasteiger partial charge in [-0.15, -0.1) is 0 Å². The normalized spacial score (nSPS) is 15.3. The van der Waals surface area contributed by atoms with Crippen molar-refractivity contribution in [3.8, 4) is 0 Å². The van der Waals surface area contributed by atoms with E-state index in [0.717, 1.165) is 28.6 Å². The molecule has 21 heavy (non-hydrogen) atoms. The molecular weight excluding hydrogens is 349 g/mol. The van der Waals surface area contributed by atoms with Crippen molar-refractivity contribution in [2.45, 2.75) is 44.8 Å². The second-order valence-corrected chi connectivity index (χ2v) is 6.29. The number of hydrogen-bond acceptors (Lipinski definition) is 1. The summed E-state index contributed by atoms with van der Waals surface area (Å²) in [5, 5.41) is 0. The quantitative estimate of drug-likeness (QED) is 0.732. The highest BCUT2D eigenvalue weighted by Crippen LogP contribution is 2.38. The van der Waals surface area contributed by atoms with Gasteiger partial charge in [-0.3, -0.25) is 4.79 Å². The Morgan fingerprint density at radius 2 is 2.14 bits per heavy atom. The van der Waals surface area contributed by atoms with E-state index in [1.54, 1.807) is 16.8 Å². The molecule has 1 aliphatic carbocycles. The standard InChI is InChI=1S/C14H18BrF3N2O/c1-2-3-6-19(9-14(16,17)18)13(21)12-7-10(15)8-20(12)11-4-5-11/h7-8,11H,2-6,9H2,1H3. The first-order valence-electron chi connectivity index (χ1n) is 7.05. The number of rotatable bonds is 6. The minimum atomic E-state index is -4.38. The van der Waals surface area contributed by atoms with Gasteiger partial charge in [0.05, 0.1) is 0 Å². The summed E-state index contributed by atoms with van der Waals surface area (Å²) in [7, 11) is 0.